The van der Waals surface area contributed by atoms with Gasteiger partial charge in [-0.2, -0.15) is 5.10 Å². The zero-order valence-corrected chi connectivity index (χ0v) is 13.7. The third-order valence-corrected chi connectivity index (χ3v) is 5.01. The Hall–Kier alpha value is -2.17. The number of pyridine rings is 1. The largest absolute Gasteiger partial charge is 0.236 e. The van der Waals surface area contributed by atoms with Crippen molar-refractivity contribution in [3.63, 3.8) is 0 Å². The van der Waals surface area contributed by atoms with E-state index < -0.39 is 0 Å². The van der Waals surface area contributed by atoms with E-state index in [1.165, 1.54) is 0 Å². The highest BCUT2D eigenvalue weighted by molar-refractivity contribution is 7.98. The van der Waals surface area contributed by atoms with Crippen LogP contribution in [0.25, 0.3) is 21.7 Å². The molecule has 0 radical (unpaired) electrons. The quantitative estimate of drug-likeness (QED) is 0.384. The number of para-hydroxylation sites is 1. The molecule has 0 bridgehead atoms. The first kappa shape index (κ1) is 14.4. The Morgan fingerprint density at radius 1 is 0.957 bits per heavy atom. The maximum Gasteiger partial charge on any atom is 0.133 e. The van der Waals surface area contributed by atoms with Gasteiger partial charge in [-0.1, -0.05) is 65.8 Å². The smallest absolute Gasteiger partial charge is 0.133 e. The van der Waals surface area contributed by atoms with Crippen LogP contribution in [-0.2, 0) is 5.75 Å². The second-order valence-corrected chi connectivity index (χ2v) is 6.48. The molecule has 0 amide bonds. The molecule has 4 rings (SSSR count). The summed E-state index contributed by atoms with van der Waals surface area (Å²) in [6.07, 6.45) is 1.78. The molecule has 2 aromatic heterocycles. The van der Waals surface area contributed by atoms with Crippen LogP contribution >= 0.6 is 23.4 Å². The molecule has 0 saturated carbocycles. The Balaban J connectivity index is 1.67. The van der Waals surface area contributed by atoms with Gasteiger partial charge in [-0.05, 0) is 12.1 Å². The lowest BCUT2D eigenvalue weighted by atomic mass is 10.2. The van der Waals surface area contributed by atoms with Crippen LogP contribution in [0.2, 0.25) is 5.15 Å². The van der Waals surface area contributed by atoms with E-state index in [1.807, 2.05) is 42.5 Å². The minimum atomic E-state index is 0.546. The average molecular weight is 338 g/mol. The van der Waals surface area contributed by atoms with Gasteiger partial charge < -0.3 is 0 Å². The summed E-state index contributed by atoms with van der Waals surface area (Å²) >= 11 is 7.95. The molecule has 4 aromatic rings. The minimum Gasteiger partial charge on any atom is -0.236 e. The van der Waals surface area contributed by atoms with Crippen LogP contribution in [0.4, 0.5) is 0 Å². The molecule has 2 heterocycles. The highest BCUT2D eigenvalue weighted by Gasteiger charge is 2.08. The van der Waals surface area contributed by atoms with Crippen molar-refractivity contribution < 1.29 is 0 Å². The number of nitrogens with zero attached hydrogens (tertiary/aromatic N) is 3. The van der Waals surface area contributed by atoms with Crippen LogP contribution in [0.5, 0.6) is 0 Å². The molecular formula is C18H12ClN3S. The van der Waals surface area contributed by atoms with Crippen molar-refractivity contribution in [2.75, 3.05) is 0 Å². The van der Waals surface area contributed by atoms with E-state index in [2.05, 4.69) is 27.3 Å². The zero-order valence-electron chi connectivity index (χ0n) is 12.1. The van der Waals surface area contributed by atoms with E-state index >= 15 is 0 Å². The monoisotopic (exact) mass is 337 g/mol. The van der Waals surface area contributed by atoms with Crippen molar-refractivity contribution in [1.82, 2.24) is 15.2 Å². The topological polar surface area (TPSA) is 38.7 Å². The van der Waals surface area contributed by atoms with E-state index in [1.54, 1.807) is 18.0 Å². The molecule has 5 heteroatoms. The first-order valence-corrected chi connectivity index (χ1v) is 8.55. The van der Waals surface area contributed by atoms with Gasteiger partial charge >= 0.3 is 0 Å². The van der Waals surface area contributed by atoms with Crippen molar-refractivity contribution in [3.8, 4) is 0 Å². The van der Waals surface area contributed by atoms with Crippen LogP contribution < -0.4 is 0 Å². The van der Waals surface area contributed by atoms with E-state index in [0.717, 1.165) is 32.3 Å². The third kappa shape index (κ3) is 2.87. The maximum absolute atomic E-state index is 6.33. The van der Waals surface area contributed by atoms with Crippen LogP contribution in [0, 0.1) is 0 Å². The number of aromatic nitrogens is 3. The minimum absolute atomic E-state index is 0.546. The molecule has 0 aliphatic rings. The Morgan fingerprint density at radius 2 is 1.74 bits per heavy atom. The molecule has 0 atom stereocenters. The predicted molar refractivity (Wildman–Crippen MR) is 95.9 cm³/mol. The summed E-state index contributed by atoms with van der Waals surface area (Å²) in [6, 6.07) is 18.2. The Bertz CT molecular complexity index is 998. The predicted octanol–water partition coefficient (Wildman–Crippen LogP) is 5.12. The molecule has 0 unspecified atom stereocenters. The van der Waals surface area contributed by atoms with Crippen LogP contribution in [0.3, 0.4) is 0 Å². The standard InChI is InChI=1S/C18H12ClN3S/c19-17-14(9-12-5-2-4-8-16(12)21-17)11-23-18-15-7-3-1-6-13(15)10-20-22-18/h1-10H,11H2. The lowest BCUT2D eigenvalue weighted by molar-refractivity contribution is 0.955. The molecule has 0 N–H and O–H groups in total. The molecule has 2 aromatic carbocycles. The van der Waals surface area contributed by atoms with Crippen molar-refractivity contribution >= 4 is 45.0 Å². The number of fused-ring (bicyclic) bond motifs is 2. The lowest BCUT2D eigenvalue weighted by Gasteiger charge is -2.07. The molecule has 0 aliphatic heterocycles. The van der Waals surface area contributed by atoms with Gasteiger partial charge in [0.15, 0.2) is 0 Å². The number of rotatable bonds is 3. The van der Waals surface area contributed by atoms with Gasteiger partial charge in [-0.3, -0.25) is 0 Å². The Labute approximate surface area is 142 Å². The summed E-state index contributed by atoms with van der Waals surface area (Å²) in [5, 5.41) is 13.1. The maximum atomic E-state index is 6.33. The summed E-state index contributed by atoms with van der Waals surface area (Å²) in [6.45, 7) is 0. The molecule has 0 aliphatic carbocycles. The fourth-order valence-corrected chi connectivity index (χ4v) is 3.74. The summed E-state index contributed by atoms with van der Waals surface area (Å²) < 4.78 is 0. The van der Waals surface area contributed by atoms with Gasteiger partial charge in [-0.15, -0.1) is 5.10 Å². The van der Waals surface area contributed by atoms with Gasteiger partial charge in [0, 0.05) is 27.5 Å². The van der Waals surface area contributed by atoms with Crippen molar-refractivity contribution in [1.29, 1.82) is 0 Å². The highest BCUT2D eigenvalue weighted by Crippen LogP contribution is 2.30. The van der Waals surface area contributed by atoms with Crippen molar-refractivity contribution in [3.05, 3.63) is 71.5 Å². The fraction of sp³-hybridized carbons (Fsp3) is 0.0556. The fourth-order valence-electron chi connectivity index (χ4n) is 2.49. The first-order chi connectivity index (χ1) is 11.3. The van der Waals surface area contributed by atoms with E-state index in [9.17, 15) is 0 Å². The summed E-state index contributed by atoms with van der Waals surface area (Å²) in [7, 11) is 0. The molecule has 0 spiro atoms. The van der Waals surface area contributed by atoms with Gasteiger partial charge in [0.25, 0.3) is 0 Å². The summed E-state index contributed by atoms with van der Waals surface area (Å²) in [5.41, 5.74) is 1.92. The third-order valence-electron chi connectivity index (χ3n) is 3.65. The van der Waals surface area contributed by atoms with Crippen molar-refractivity contribution in [2.24, 2.45) is 0 Å². The normalized spacial score (nSPS) is 11.2. The molecule has 0 saturated heterocycles. The van der Waals surface area contributed by atoms with Gasteiger partial charge in [0.2, 0.25) is 0 Å². The number of thioether (sulfide) groups is 1. The molecule has 112 valence electrons. The van der Waals surface area contributed by atoms with E-state index in [-0.39, 0.29) is 0 Å². The summed E-state index contributed by atoms with van der Waals surface area (Å²) in [5.74, 6) is 0.708. The van der Waals surface area contributed by atoms with E-state index in [4.69, 9.17) is 11.6 Å². The number of hydrogen-bond acceptors (Lipinski definition) is 4. The number of benzene rings is 2. The van der Waals surface area contributed by atoms with E-state index in [0.29, 0.717) is 10.9 Å². The second-order valence-electron chi connectivity index (χ2n) is 5.16. The molecular weight excluding hydrogens is 326 g/mol. The molecule has 3 nitrogen and oxygen atoms in total. The highest BCUT2D eigenvalue weighted by atomic mass is 35.5. The average Bonchev–Trinajstić information content (AvgIpc) is 2.60. The summed E-state index contributed by atoms with van der Waals surface area (Å²) in [4.78, 5) is 4.47. The Kier molecular flexibility index (Phi) is 3.85. The van der Waals surface area contributed by atoms with Crippen LogP contribution in [-0.4, -0.2) is 15.2 Å². The van der Waals surface area contributed by atoms with Gasteiger partial charge in [-0.25, -0.2) is 4.98 Å². The molecule has 23 heavy (non-hydrogen) atoms. The first-order valence-electron chi connectivity index (χ1n) is 7.19. The van der Waals surface area contributed by atoms with Gasteiger partial charge in [0.05, 0.1) is 11.7 Å². The SMILES string of the molecule is Clc1nc2ccccc2cc1CSc1nncc2ccccc12. The zero-order chi connectivity index (χ0) is 15.6. The van der Waals surface area contributed by atoms with Crippen molar-refractivity contribution in [2.45, 2.75) is 10.8 Å². The molecule has 0 fully saturated rings. The van der Waals surface area contributed by atoms with Gasteiger partial charge in [0.1, 0.15) is 10.2 Å². The second kappa shape index (κ2) is 6.14. The number of hydrogen-bond donors (Lipinski definition) is 0. The van der Waals surface area contributed by atoms with Crippen LogP contribution in [0.1, 0.15) is 5.56 Å². The number of halogens is 1. The van der Waals surface area contributed by atoms with Crippen LogP contribution in [0.15, 0.2) is 65.8 Å². The lowest BCUT2D eigenvalue weighted by Crippen LogP contribution is -1.91. The Morgan fingerprint density at radius 3 is 2.65 bits per heavy atom.